The molecule has 0 aliphatic rings. The second-order valence-corrected chi connectivity index (χ2v) is 5.86. The molecule has 0 unspecified atom stereocenters. The van der Waals surface area contributed by atoms with Crippen molar-refractivity contribution in [1.29, 1.82) is 0 Å². The zero-order valence-corrected chi connectivity index (χ0v) is 14.4. The lowest BCUT2D eigenvalue weighted by molar-refractivity contribution is -0.138. The van der Waals surface area contributed by atoms with Crippen LogP contribution in [-0.2, 0) is 16.0 Å². The lowest BCUT2D eigenvalue weighted by Crippen LogP contribution is -2.14. The van der Waals surface area contributed by atoms with Gasteiger partial charge in [-0.1, -0.05) is 12.1 Å². The van der Waals surface area contributed by atoms with Crippen molar-refractivity contribution < 1.29 is 23.1 Å². The molecule has 3 aromatic rings. The van der Waals surface area contributed by atoms with Crippen molar-refractivity contribution in [1.82, 2.24) is 0 Å². The maximum atomic E-state index is 13.0. The molecule has 3 rings (SSSR count). The molecule has 6 heteroatoms. The van der Waals surface area contributed by atoms with E-state index in [0.717, 1.165) is 16.5 Å². The van der Waals surface area contributed by atoms with Crippen molar-refractivity contribution in [2.45, 2.75) is 13.3 Å². The maximum absolute atomic E-state index is 13.0. The summed E-state index contributed by atoms with van der Waals surface area (Å²) in [4.78, 5) is 23.9. The highest BCUT2D eigenvalue weighted by Crippen LogP contribution is 2.25. The van der Waals surface area contributed by atoms with Gasteiger partial charge in [-0.25, -0.2) is 14.0 Å². The van der Waals surface area contributed by atoms with Crippen LogP contribution in [0.5, 0.6) is 5.75 Å². The number of hydrogen-bond acceptors (Lipinski definition) is 5. The van der Waals surface area contributed by atoms with Crippen LogP contribution >= 0.6 is 0 Å². The van der Waals surface area contributed by atoms with E-state index < -0.39 is 11.6 Å². The van der Waals surface area contributed by atoms with E-state index in [4.69, 9.17) is 13.9 Å². The summed E-state index contributed by atoms with van der Waals surface area (Å²) in [5.74, 6) is -0.598. The summed E-state index contributed by atoms with van der Waals surface area (Å²) >= 11 is 0. The minimum Gasteiger partial charge on any atom is -0.425 e. The van der Waals surface area contributed by atoms with Crippen LogP contribution in [0.1, 0.15) is 16.7 Å². The van der Waals surface area contributed by atoms with Gasteiger partial charge in [-0.05, 0) is 42.3 Å². The van der Waals surface area contributed by atoms with Crippen molar-refractivity contribution in [3.63, 3.8) is 0 Å². The highest BCUT2D eigenvalue weighted by Gasteiger charge is 2.14. The fourth-order valence-corrected chi connectivity index (χ4v) is 2.73. The largest absolute Gasteiger partial charge is 0.425 e. The van der Waals surface area contributed by atoms with E-state index in [-0.39, 0.29) is 18.2 Å². The Labute approximate surface area is 149 Å². The van der Waals surface area contributed by atoms with Gasteiger partial charge in [0.1, 0.15) is 23.8 Å². The van der Waals surface area contributed by atoms with Crippen molar-refractivity contribution >= 4 is 16.9 Å². The first-order valence-electron chi connectivity index (χ1n) is 7.98. The van der Waals surface area contributed by atoms with Crippen molar-refractivity contribution in [2.24, 2.45) is 0 Å². The number of ether oxygens (including phenoxy) is 2. The molecule has 1 heterocycles. The Hall–Kier alpha value is -2.99. The third-order valence-corrected chi connectivity index (χ3v) is 4.05. The van der Waals surface area contributed by atoms with Gasteiger partial charge in [-0.3, -0.25) is 0 Å². The second kappa shape index (κ2) is 7.49. The van der Waals surface area contributed by atoms with Gasteiger partial charge in [-0.15, -0.1) is 0 Å². The molecular formula is C20H17FO5. The number of carbonyl (C=O) groups excluding carboxylic acids is 1. The van der Waals surface area contributed by atoms with Crippen LogP contribution in [0.3, 0.4) is 0 Å². The summed E-state index contributed by atoms with van der Waals surface area (Å²) in [6, 6.07) is 10.8. The van der Waals surface area contributed by atoms with Crippen LogP contribution in [0.2, 0.25) is 0 Å². The van der Waals surface area contributed by atoms with Crippen molar-refractivity contribution in [2.75, 3.05) is 13.7 Å². The molecule has 5 nitrogen and oxygen atoms in total. The van der Waals surface area contributed by atoms with E-state index in [1.54, 1.807) is 24.3 Å². The number of hydrogen-bond donors (Lipinski definition) is 0. The normalized spacial score (nSPS) is 10.9. The van der Waals surface area contributed by atoms with Gasteiger partial charge >= 0.3 is 11.6 Å². The van der Waals surface area contributed by atoms with Crippen LogP contribution in [0.4, 0.5) is 4.39 Å². The maximum Gasteiger partial charge on any atom is 0.340 e. The molecule has 0 N–H and O–H groups in total. The standard InChI is InChI=1S/C20H17FO5/c1-12-16-8-7-15(25-19(22)11-24-2)10-18(16)26-20(23)17(12)9-13-3-5-14(21)6-4-13/h3-8,10H,9,11H2,1-2H3. The first-order valence-corrected chi connectivity index (χ1v) is 7.98. The van der Waals surface area contributed by atoms with E-state index in [1.165, 1.54) is 25.3 Å². The van der Waals surface area contributed by atoms with Gasteiger partial charge in [0.25, 0.3) is 0 Å². The molecule has 2 aromatic carbocycles. The smallest absolute Gasteiger partial charge is 0.340 e. The summed E-state index contributed by atoms with van der Waals surface area (Å²) < 4.78 is 28.3. The monoisotopic (exact) mass is 356 g/mol. The van der Waals surface area contributed by atoms with Gasteiger partial charge < -0.3 is 13.9 Å². The fraction of sp³-hybridized carbons (Fsp3) is 0.200. The lowest BCUT2D eigenvalue weighted by atomic mass is 9.99. The number of aryl methyl sites for hydroxylation is 1. The van der Waals surface area contributed by atoms with Crippen LogP contribution in [-0.4, -0.2) is 19.7 Å². The molecule has 0 amide bonds. The zero-order chi connectivity index (χ0) is 18.7. The third-order valence-electron chi connectivity index (χ3n) is 4.05. The Morgan fingerprint density at radius 3 is 2.58 bits per heavy atom. The second-order valence-electron chi connectivity index (χ2n) is 5.86. The molecule has 26 heavy (non-hydrogen) atoms. The molecule has 134 valence electrons. The Bertz CT molecular complexity index is 1010. The summed E-state index contributed by atoms with van der Waals surface area (Å²) in [6.45, 7) is 1.66. The van der Waals surface area contributed by atoms with Gasteiger partial charge in [0.2, 0.25) is 0 Å². The highest BCUT2D eigenvalue weighted by atomic mass is 19.1. The molecule has 1 aromatic heterocycles. The molecule has 0 fully saturated rings. The molecule has 0 aliphatic carbocycles. The predicted octanol–water partition coefficient (Wildman–Crippen LogP) is 3.38. The number of halogens is 1. The zero-order valence-electron chi connectivity index (χ0n) is 14.4. The Kier molecular flexibility index (Phi) is 5.14. The van der Waals surface area contributed by atoms with Crippen molar-refractivity contribution in [3.8, 4) is 5.75 Å². The van der Waals surface area contributed by atoms with E-state index >= 15 is 0 Å². The van der Waals surface area contributed by atoms with E-state index in [9.17, 15) is 14.0 Å². The summed E-state index contributed by atoms with van der Waals surface area (Å²) in [5, 5.41) is 0.744. The molecule has 0 aliphatic heterocycles. The lowest BCUT2D eigenvalue weighted by Gasteiger charge is -2.09. The van der Waals surface area contributed by atoms with Gasteiger partial charge in [-0.2, -0.15) is 0 Å². The van der Waals surface area contributed by atoms with E-state index in [2.05, 4.69) is 0 Å². The molecular weight excluding hydrogens is 339 g/mol. The van der Waals surface area contributed by atoms with Crippen molar-refractivity contribution in [3.05, 3.63) is 75.4 Å². The average Bonchev–Trinajstić information content (AvgIpc) is 2.60. The number of rotatable bonds is 5. The van der Waals surface area contributed by atoms with Gasteiger partial charge in [0, 0.05) is 30.5 Å². The average molecular weight is 356 g/mol. The molecule has 0 saturated carbocycles. The minimum atomic E-state index is -0.543. The van der Waals surface area contributed by atoms with E-state index in [0.29, 0.717) is 17.6 Å². The molecule has 0 radical (unpaired) electrons. The minimum absolute atomic E-state index is 0.169. The topological polar surface area (TPSA) is 65.7 Å². The molecule has 0 spiro atoms. The highest BCUT2D eigenvalue weighted by molar-refractivity contribution is 5.83. The predicted molar refractivity (Wildman–Crippen MR) is 93.9 cm³/mol. The number of esters is 1. The first kappa shape index (κ1) is 17.8. The summed E-state index contributed by atoms with van der Waals surface area (Å²) in [7, 11) is 1.40. The number of benzene rings is 2. The summed E-state index contributed by atoms with van der Waals surface area (Å²) in [5.41, 5.74) is 1.95. The van der Waals surface area contributed by atoms with Crippen LogP contribution in [0.15, 0.2) is 51.7 Å². The van der Waals surface area contributed by atoms with Gasteiger partial charge in [0.15, 0.2) is 0 Å². The Balaban J connectivity index is 1.96. The van der Waals surface area contributed by atoms with Crippen LogP contribution in [0, 0.1) is 12.7 Å². The van der Waals surface area contributed by atoms with E-state index in [1.807, 2.05) is 6.92 Å². The molecule has 0 bridgehead atoms. The number of fused-ring (bicyclic) bond motifs is 1. The Morgan fingerprint density at radius 2 is 1.88 bits per heavy atom. The van der Waals surface area contributed by atoms with Crippen LogP contribution in [0.25, 0.3) is 11.0 Å². The fourth-order valence-electron chi connectivity index (χ4n) is 2.73. The third kappa shape index (κ3) is 3.81. The Morgan fingerprint density at radius 1 is 1.15 bits per heavy atom. The van der Waals surface area contributed by atoms with Gasteiger partial charge in [0.05, 0.1) is 0 Å². The van der Waals surface area contributed by atoms with Crippen LogP contribution < -0.4 is 10.4 Å². The molecule has 0 saturated heterocycles. The number of carbonyl (C=O) groups is 1. The number of methoxy groups -OCH3 is 1. The first-order chi connectivity index (χ1) is 12.5. The molecule has 0 atom stereocenters. The SMILES string of the molecule is COCC(=O)Oc1ccc2c(C)c(Cc3ccc(F)cc3)c(=O)oc2c1. The quantitative estimate of drug-likeness (QED) is 0.398. The summed E-state index contributed by atoms with van der Waals surface area (Å²) in [6.07, 6.45) is 0.342.